The smallest absolute Gasteiger partial charge is 0.343 e. The maximum absolute atomic E-state index is 13.4. The van der Waals surface area contributed by atoms with E-state index in [-0.39, 0.29) is 17.9 Å². The number of halogens is 4. The first-order valence-electron chi connectivity index (χ1n) is 9.55. The van der Waals surface area contributed by atoms with Crippen LogP contribution in [0.3, 0.4) is 0 Å². The monoisotopic (exact) mass is 609 g/mol. The molecule has 2 N–H and O–H groups in total. The van der Waals surface area contributed by atoms with Gasteiger partial charge in [-0.05, 0) is 70.5 Å². The third kappa shape index (κ3) is 7.21. The maximum atomic E-state index is 13.4. The molecular formula is C23H15Br2ClFN3O4. The van der Waals surface area contributed by atoms with Gasteiger partial charge in [-0.25, -0.2) is 14.6 Å². The standard InChI is InChI=1S/C23H15Br2ClFN3O4/c24-16-8-15(21(19(25)10-16)34-23(33)14-2-1-3-18(27)9-14)11-29-30-20(31)12-28-22(32)13-4-6-17(26)7-5-13/h1-11H,12H2,(H,28,32)(H,30,31)/b29-11-. The first kappa shape index (κ1) is 25.5. The number of hydrazone groups is 1. The fraction of sp³-hybridized carbons (Fsp3) is 0.0435. The molecular weight excluding hydrogens is 597 g/mol. The Morgan fingerprint density at radius 1 is 1.03 bits per heavy atom. The Hall–Kier alpha value is -3.08. The zero-order valence-corrected chi connectivity index (χ0v) is 21.1. The number of esters is 1. The van der Waals surface area contributed by atoms with Crippen LogP contribution in [0.5, 0.6) is 5.75 Å². The second-order valence-corrected chi connectivity index (χ2v) is 8.90. The lowest BCUT2D eigenvalue weighted by Gasteiger charge is -2.10. The van der Waals surface area contributed by atoms with Crippen LogP contribution in [0.4, 0.5) is 4.39 Å². The van der Waals surface area contributed by atoms with Crippen LogP contribution in [0, 0.1) is 5.82 Å². The van der Waals surface area contributed by atoms with E-state index in [2.05, 4.69) is 47.7 Å². The van der Waals surface area contributed by atoms with E-state index >= 15 is 0 Å². The van der Waals surface area contributed by atoms with E-state index in [0.717, 1.165) is 6.07 Å². The summed E-state index contributed by atoms with van der Waals surface area (Å²) in [7, 11) is 0. The zero-order valence-electron chi connectivity index (χ0n) is 17.2. The molecule has 34 heavy (non-hydrogen) atoms. The summed E-state index contributed by atoms with van der Waals surface area (Å²) < 4.78 is 19.9. The lowest BCUT2D eigenvalue weighted by atomic mass is 10.2. The molecule has 0 aliphatic heterocycles. The van der Waals surface area contributed by atoms with Gasteiger partial charge in [0.1, 0.15) is 5.82 Å². The molecule has 174 valence electrons. The van der Waals surface area contributed by atoms with Crippen LogP contribution in [-0.2, 0) is 4.79 Å². The van der Waals surface area contributed by atoms with Gasteiger partial charge >= 0.3 is 5.97 Å². The van der Waals surface area contributed by atoms with Gasteiger partial charge in [0.2, 0.25) is 0 Å². The number of nitrogens with zero attached hydrogens (tertiary/aromatic N) is 1. The van der Waals surface area contributed by atoms with E-state index < -0.39 is 23.6 Å². The minimum absolute atomic E-state index is 0.0300. The third-order valence-electron chi connectivity index (χ3n) is 4.20. The highest BCUT2D eigenvalue weighted by molar-refractivity contribution is 9.11. The van der Waals surface area contributed by atoms with Crippen LogP contribution in [-0.4, -0.2) is 30.5 Å². The van der Waals surface area contributed by atoms with E-state index in [1.807, 2.05) is 0 Å². The van der Waals surface area contributed by atoms with Crippen molar-refractivity contribution in [2.45, 2.75) is 0 Å². The average molecular weight is 612 g/mol. The first-order chi connectivity index (χ1) is 16.2. The zero-order chi connectivity index (χ0) is 24.7. The summed E-state index contributed by atoms with van der Waals surface area (Å²) in [6, 6.07) is 14.5. The Balaban J connectivity index is 1.64. The van der Waals surface area contributed by atoms with Crippen LogP contribution < -0.4 is 15.5 Å². The largest absolute Gasteiger partial charge is 0.421 e. The van der Waals surface area contributed by atoms with Gasteiger partial charge in [0.15, 0.2) is 5.75 Å². The lowest BCUT2D eigenvalue weighted by Crippen LogP contribution is -2.34. The molecule has 0 aliphatic rings. The number of benzene rings is 3. The highest BCUT2D eigenvalue weighted by Gasteiger charge is 2.16. The molecule has 3 rings (SSSR count). The fourth-order valence-electron chi connectivity index (χ4n) is 2.63. The van der Waals surface area contributed by atoms with Crippen LogP contribution in [0.25, 0.3) is 0 Å². The number of amides is 2. The predicted molar refractivity (Wildman–Crippen MR) is 133 cm³/mol. The molecule has 7 nitrogen and oxygen atoms in total. The summed E-state index contributed by atoms with van der Waals surface area (Å²) in [5.74, 6) is -2.25. The van der Waals surface area contributed by atoms with E-state index in [9.17, 15) is 18.8 Å². The molecule has 0 atom stereocenters. The Morgan fingerprint density at radius 3 is 2.47 bits per heavy atom. The summed E-state index contributed by atoms with van der Waals surface area (Å²) in [4.78, 5) is 36.5. The van der Waals surface area contributed by atoms with Crippen molar-refractivity contribution in [1.29, 1.82) is 0 Å². The number of carbonyl (C=O) groups is 3. The Bertz CT molecular complexity index is 1270. The minimum atomic E-state index is -0.772. The Kier molecular flexibility index (Phi) is 8.91. The first-order valence-corrected chi connectivity index (χ1v) is 11.5. The van der Waals surface area contributed by atoms with Crippen molar-refractivity contribution in [2.75, 3.05) is 6.54 Å². The number of rotatable bonds is 7. The van der Waals surface area contributed by atoms with Crippen molar-refractivity contribution in [1.82, 2.24) is 10.7 Å². The van der Waals surface area contributed by atoms with Crippen molar-refractivity contribution in [2.24, 2.45) is 5.10 Å². The van der Waals surface area contributed by atoms with Gasteiger partial charge in [0, 0.05) is 20.6 Å². The summed E-state index contributed by atoms with van der Waals surface area (Å²) in [6.45, 7) is -0.317. The molecule has 0 spiro atoms. The van der Waals surface area contributed by atoms with Gasteiger partial charge in [-0.3, -0.25) is 9.59 Å². The Morgan fingerprint density at radius 2 is 1.76 bits per heavy atom. The number of carbonyl (C=O) groups excluding carboxylic acids is 3. The topological polar surface area (TPSA) is 96.9 Å². The SMILES string of the molecule is O=C(CNC(=O)c1ccc(Cl)cc1)N/N=C\c1cc(Br)cc(Br)c1OC(=O)c1cccc(F)c1. The fourth-order valence-corrected chi connectivity index (χ4v) is 4.09. The van der Waals surface area contributed by atoms with Gasteiger partial charge in [-0.1, -0.05) is 33.6 Å². The van der Waals surface area contributed by atoms with Crippen LogP contribution in [0.1, 0.15) is 26.3 Å². The van der Waals surface area contributed by atoms with Crippen LogP contribution in [0.2, 0.25) is 5.02 Å². The molecule has 0 bridgehead atoms. The predicted octanol–water partition coefficient (Wildman–Crippen LogP) is 5.10. The Labute approximate surface area is 215 Å². The molecule has 11 heteroatoms. The molecule has 0 saturated carbocycles. The van der Waals surface area contributed by atoms with Crippen molar-refractivity contribution in [3.8, 4) is 5.75 Å². The maximum Gasteiger partial charge on any atom is 0.343 e. The number of nitrogens with one attached hydrogen (secondary N) is 2. The highest BCUT2D eigenvalue weighted by atomic mass is 79.9. The summed E-state index contributed by atoms with van der Waals surface area (Å²) in [5.41, 5.74) is 3.01. The average Bonchev–Trinajstić information content (AvgIpc) is 2.80. The molecule has 3 aromatic rings. The minimum Gasteiger partial charge on any atom is -0.421 e. The molecule has 2 amide bonds. The van der Waals surface area contributed by atoms with Crippen molar-refractivity contribution in [3.05, 3.63) is 97.1 Å². The van der Waals surface area contributed by atoms with Crippen molar-refractivity contribution < 1.29 is 23.5 Å². The summed E-state index contributed by atoms with van der Waals surface area (Å²) in [5, 5.41) is 6.81. The molecule has 0 fully saturated rings. The van der Waals surface area contributed by atoms with Gasteiger partial charge in [0.05, 0.1) is 22.8 Å². The molecule has 0 aromatic heterocycles. The molecule has 0 aliphatic carbocycles. The number of ether oxygens (including phenoxy) is 1. The van der Waals surface area contributed by atoms with Crippen molar-refractivity contribution in [3.63, 3.8) is 0 Å². The normalized spacial score (nSPS) is 10.7. The van der Waals surface area contributed by atoms with E-state index in [4.69, 9.17) is 16.3 Å². The summed E-state index contributed by atoms with van der Waals surface area (Å²) >= 11 is 12.4. The van der Waals surface area contributed by atoms with Gasteiger partial charge in [-0.15, -0.1) is 0 Å². The molecule has 3 aromatic carbocycles. The third-order valence-corrected chi connectivity index (χ3v) is 5.50. The van der Waals surface area contributed by atoms with E-state index in [0.29, 0.717) is 25.1 Å². The highest BCUT2D eigenvalue weighted by Crippen LogP contribution is 2.32. The van der Waals surface area contributed by atoms with Crippen LogP contribution >= 0.6 is 43.5 Å². The quantitative estimate of drug-likeness (QED) is 0.168. The molecule has 0 saturated heterocycles. The molecule has 0 radical (unpaired) electrons. The van der Waals surface area contributed by atoms with Crippen LogP contribution in [0.15, 0.2) is 74.7 Å². The number of hydrogen-bond donors (Lipinski definition) is 2. The van der Waals surface area contributed by atoms with E-state index in [1.54, 1.807) is 24.3 Å². The lowest BCUT2D eigenvalue weighted by molar-refractivity contribution is -0.120. The van der Waals surface area contributed by atoms with Crippen molar-refractivity contribution >= 4 is 67.5 Å². The summed E-state index contributed by atoms with van der Waals surface area (Å²) in [6.07, 6.45) is 1.27. The molecule has 0 unspecified atom stereocenters. The second-order valence-electron chi connectivity index (χ2n) is 6.69. The second kappa shape index (κ2) is 11.9. The molecule has 0 heterocycles. The number of hydrogen-bond acceptors (Lipinski definition) is 5. The van der Waals surface area contributed by atoms with E-state index in [1.165, 1.54) is 36.5 Å². The van der Waals surface area contributed by atoms with Gasteiger partial charge in [-0.2, -0.15) is 5.10 Å². The van der Waals surface area contributed by atoms with Gasteiger partial charge in [0.25, 0.3) is 11.8 Å². The van der Waals surface area contributed by atoms with Gasteiger partial charge < -0.3 is 10.1 Å².